The summed E-state index contributed by atoms with van der Waals surface area (Å²) in [7, 11) is 2.91. The van der Waals surface area contributed by atoms with Crippen molar-refractivity contribution in [3.05, 3.63) is 34.5 Å². The largest absolute Gasteiger partial charge is 0.481 e. The summed E-state index contributed by atoms with van der Waals surface area (Å²) in [5.41, 5.74) is 1.93. The van der Waals surface area contributed by atoms with Crippen molar-refractivity contribution in [1.82, 2.24) is 15.0 Å². The molecule has 0 N–H and O–H groups in total. The number of fused-ring (bicyclic) bond motifs is 1. The van der Waals surface area contributed by atoms with Gasteiger partial charge in [-0.15, -0.1) is 0 Å². The second-order valence-corrected chi connectivity index (χ2v) is 8.26. The number of aryl methyl sites for hydroxylation is 1. The van der Waals surface area contributed by atoms with Gasteiger partial charge in [0.05, 0.1) is 42.1 Å². The van der Waals surface area contributed by atoms with Crippen LogP contribution in [0.15, 0.2) is 18.2 Å². The molecule has 3 heterocycles. The average molecular weight is 449 g/mol. The Kier molecular flexibility index (Phi) is 6.03. The van der Waals surface area contributed by atoms with E-state index in [0.717, 1.165) is 28.6 Å². The van der Waals surface area contributed by atoms with Crippen molar-refractivity contribution < 1.29 is 19.0 Å². The zero-order chi connectivity index (χ0) is 21.3. The van der Waals surface area contributed by atoms with Crippen molar-refractivity contribution in [2.45, 2.75) is 25.9 Å². The maximum Gasteiger partial charge on any atom is 0.320 e. The lowest BCUT2D eigenvalue weighted by Gasteiger charge is -2.22. The number of carbonyl (C=O) groups excluding carboxylic acids is 1. The van der Waals surface area contributed by atoms with Gasteiger partial charge >= 0.3 is 6.01 Å². The van der Waals surface area contributed by atoms with Crippen LogP contribution in [0.25, 0.3) is 10.2 Å². The second kappa shape index (κ2) is 8.71. The molecule has 30 heavy (non-hydrogen) atoms. The SMILES string of the molecule is COc1cc(C(=O)N(CC2CCCO2)c2nc3c(C)ccc(Cl)c3s2)nc(OC)n1. The number of ether oxygens (including phenoxy) is 3. The number of nitrogens with zero attached hydrogens (tertiary/aromatic N) is 4. The summed E-state index contributed by atoms with van der Waals surface area (Å²) < 4.78 is 16.9. The Morgan fingerprint density at radius 1 is 1.30 bits per heavy atom. The molecule has 2 aromatic heterocycles. The number of anilines is 1. The van der Waals surface area contributed by atoms with Crippen LogP contribution in [0.1, 0.15) is 28.9 Å². The number of aromatic nitrogens is 3. The minimum atomic E-state index is -0.336. The fraction of sp³-hybridized carbons (Fsp3) is 0.400. The predicted molar refractivity (Wildman–Crippen MR) is 115 cm³/mol. The molecule has 10 heteroatoms. The highest BCUT2D eigenvalue weighted by molar-refractivity contribution is 7.23. The van der Waals surface area contributed by atoms with Crippen molar-refractivity contribution in [2.75, 3.05) is 32.3 Å². The quantitative estimate of drug-likeness (QED) is 0.565. The summed E-state index contributed by atoms with van der Waals surface area (Å²) in [5, 5.41) is 1.15. The number of methoxy groups -OCH3 is 2. The van der Waals surface area contributed by atoms with Gasteiger partial charge in [0.25, 0.3) is 5.91 Å². The molecular formula is C20H21ClN4O4S. The van der Waals surface area contributed by atoms with E-state index in [1.54, 1.807) is 4.90 Å². The first kappa shape index (κ1) is 20.8. The molecule has 3 aromatic rings. The van der Waals surface area contributed by atoms with Crippen LogP contribution in [0, 0.1) is 6.92 Å². The van der Waals surface area contributed by atoms with E-state index < -0.39 is 0 Å². The molecule has 1 aliphatic rings. The number of carbonyl (C=O) groups is 1. The molecule has 0 aliphatic carbocycles. The Hall–Kier alpha value is -2.49. The van der Waals surface area contributed by atoms with E-state index in [1.165, 1.54) is 31.6 Å². The number of hydrogen-bond acceptors (Lipinski definition) is 8. The van der Waals surface area contributed by atoms with Crippen LogP contribution < -0.4 is 14.4 Å². The molecular weight excluding hydrogens is 428 g/mol. The highest BCUT2D eigenvalue weighted by atomic mass is 35.5. The van der Waals surface area contributed by atoms with E-state index in [4.69, 9.17) is 30.8 Å². The van der Waals surface area contributed by atoms with Crippen molar-refractivity contribution >= 4 is 44.2 Å². The van der Waals surface area contributed by atoms with Gasteiger partial charge in [0, 0.05) is 12.7 Å². The lowest BCUT2D eigenvalue weighted by molar-refractivity contribution is 0.0912. The van der Waals surface area contributed by atoms with E-state index in [9.17, 15) is 4.79 Å². The van der Waals surface area contributed by atoms with E-state index in [-0.39, 0.29) is 29.6 Å². The lowest BCUT2D eigenvalue weighted by Crippen LogP contribution is -2.38. The molecule has 0 radical (unpaired) electrons. The van der Waals surface area contributed by atoms with Gasteiger partial charge in [-0.3, -0.25) is 9.69 Å². The fourth-order valence-electron chi connectivity index (χ4n) is 3.29. The summed E-state index contributed by atoms with van der Waals surface area (Å²) in [6.45, 7) is 3.02. The van der Waals surface area contributed by atoms with Crippen molar-refractivity contribution in [1.29, 1.82) is 0 Å². The minimum Gasteiger partial charge on any atom is -0.481 e. The number of thiazole rings is 1. The van der Waals surface area contributed by atoms with Crippen LogP contribution in [0.4, 0.5) is 5.13 Å². The number of benzene rings is 1. The maximum absolute atomic E-state index is 13.5. The zero-order valence-electron chi connectivity index (χ0n) is 16.8. The van der Waals surface area contributed by atoms with E-state index in [2.05, 4.69) is 9.97 Å². The smallest absolute Gasteiger partial charge is 0.320 e. The molecule has 0 saturated carbocycles. The second-order valence-electron chi connectivity index (χ2n) is 6.87. The third-order valence-electron chi connectivity index (χ3n) is 4.87. The summed E-state index contributed by atoms with van der Waals surface area (Å²) in [4.78, 5) is 28.1. The van der Waals surface area contributed by atoms with E-state index in [0.29, 0.717) is 23.3 Å². The number of amides is 1. The van der Waals surface area contributed by atoms with Gasteiger partial charge in [-0.2, -0.15) is 9.97 Å². The number of halogens is 1. The standard InChI is InChI=1S/C20H21ClN4O4S/c1-11-6-7-13(21)17-16(11)24-20(30-17)25(10-12-5-4-8-29-12)18(26)14-9-15(27-2)23-19(22-14)28-3/h6-7,9,12H,4-5,8,10H2,1-3H3. The van der Waals surface area contributed by atoms with Gasteiger partial charge in [-0.05, 0) is 31.4 Å². The fourth-order valence-corrected chi connectivity index (χ4v) is 4.62. The first-order valence-corrected chi connectivity index (χ1v) is 10.7. The summed E-state index contributed by atoms with van der Waals surface area (Å²) in [6.07, 6.45) is 1.78. The van der Waals surface area contributed by atoms with Gasteiger partial charge in [0.1, 0.15) is 5.69 Å². The van der Waals surface area contributed by atoms with Crippen LogP contribution in [0.3, 0.4) is 0 Å². The predicted octanol–water partition coefficient (Wildman–Crippen LogP) is 3.89. The summed E-state index contributed by atoms with van der Waals surface area (Å²) in [6, 6.07) is 5.30. The molecule has 1 amide bonds. The maximum atomic E-state index is 13.5. The van der Waals surface area contributed by atoms with Crippen molar-refractivity contribution in [2.24, 2.45) is 0 Å². The van der Waals surface area contributed by atoms with E-state index >= 15 is 0 Å². The van der Waals surface area contributed by atoms with Crippen LogP contribution in [0.2, 0.25) is 5.02 Å². The van der Waals surface area contributed by atoms with Gasteiger partial charge < -0.3 is 14.2 Å². The molecule has 1 unspecified atom stereocenters. The molecule has 1 aromatic carbocycles. The molecule has 4 rings (SSSR count). The van der Waals surface area contributed by atoms with Gasteiger partial charge in [0.2, 0.25) is 5.88 Å². The Bertz CT molecular complexity index is 1020. The lowest BCUT2D eigenvalue weighted by atomic mass is 10.2. The third kappa shape index (κ3) is 4.05. The highest BCUT2D eigenvalue weighted by Crippen LogP contribution is 2.36. The first-order valence-electron chi connectivity index (χ1n) is 9.46. The Balaban J connectivity index is 1.78. The Morgan fingerprint density at radius 3 is 2.80 bits per heavy atom. The first-order chi connectivity index (χ1) is 14.5. The molecule has 1 fully saturated rings. The van der Waals surface area contributed by atoms with Crippen LogP contribution in [-0.4, -0.2) is 54.3 Å². The average Bonchev–Trinajstić information content (AvgIpc) is 3.44. The van der Waals surface area contributed by atoms with Crippen molar-refractivity contribution in [3.8, 4) is 11.9 Å². The van der Waals surface area contributed by atoms with Crippen molar-refractivity contribution in [3.63, 3.8) is 0 Å². The summed E-state index contributed by atoms with van der Waals surface area (Å²) >= 11 is 7.75. The number of rotatable bonds is 6. The molecule has 8 nitrogen and oxygen atoms in total. The van der Waals surface area contributed by atoms with E-state index in [1.807, 2.05) is 19.1 Å². The molecule has 0 bridgehead atoms. The van der Waals surface area contributed by atoms with Crippen LogP contribution in [-0.2, 0) is 4.74 Å². The topological polar surface area (TPSA) is 86.7 Å². The third-order valence-corrected chi connectivity index (χ3v) is 6.40. The number of hydrogen-bond donors (Lipinski definition) is 0. The van der Waals surface area contributed by atoms with Gasteiger partial charge in [-0.1, -0.05) is 29.0 Å². The van der Waals surface area contributed by atoms with Gasteiger partial charge in [-0.25, -0.2) is 4.98 Å². The van der Waals surface area contributed by atoms with Crippen LogP contribution >= 0.6 is 22.9 Å². The minimum absolute atomic E-state index is 0.0537. The summed E-state index contributed by atoms with van der Waals surface area (Å²) in [5.74, 6) is -0.0946. The molecule has 1 saturated heterocycles. The molecule has 1 aliphatic heterocycles. The zero-order valence-corrected chi connectivity index (χ0v) is 18.4. The Labute approximate surface area is 182 Å². The molecule has 0 spiro atoms. The van der Waals surface area contributed by atoms with Gasteiger partial charge in [0.15, 0.2) is 5.13 Å². The molecule has 1 atom stereocenters. The normalized spacial score (nSPS) is 16.1. The van der Waals surface area contributed by atoms with Crippen LogP contribution in [0.5, 0.6) is 11.9 Å². The monoisotopic (exact) mass is 448 g/mol. The molecule has 158 valence electrons. The highest BCUT2D eigenvalue weighted by Gasteiger charge is 2.29. The Morgan fingerprint density at radius 2 is 2.13 bits per heavy atom.